The molecule has 0 amide bonds. The zero-order valence-corrected chi connectivity index (χ0v) is 18.9. The smallest absolute Gasteiger partial charge is 0.150 e. The van der Waals surface area contributed by atoms with Crippen molar-refractivity contribution in [1.29, 1.82) is 0 Å². The molecular weight excluding hydrogens is 392 g/mol. The third kappa shape index (κ3) is 3.77. The molecule has 5 heteroatoms. The molecule has 0 radical (unpaired) electrons. The third-order valence-electron chi connectivity index (χ3n) is 6.20. The van der Waals surface area contributed by atoms with Crippen molar-refractivity contribution in [2.75, 3.05) is 24.9 Å². The van der Waals surface area contributed by atoms with Crippen LogP contribution in [0.25, 0.3) is 11.1 Å². The number of aldehydes is 1. The van der Waals surface area contributed by atoms with Crippen molar-refractivity contribution < 1.29 is 9.00 Å². The van der Waals surface area contributed by atoms with Crippen LogP contribution in [0.3, 0.4) is 0 Å². The Bertz CT molecular complexity index is 993. The van der Waals surface area contributed by atoms with Crippen LogP contribution in [0.5, 0.6) is 0 Å². The van der Waals surface area contributed by atoms with Gasteiger partial charge < -0.3 is 4.90 Å². The number of nitrogens with zero attached hydrogens (tertiary/aromatic N) is 2. The van der Waals surface area contributed by atoms with Crippen molar-refractivity contribution in [3.63, 3.8) is 0 Å². The number of hydrogen-bond acceptors (Lipinski definition) is 3. The fraction of sp³-hybridized carbons (Fsp3) is 0.400. The molecule has 1 fully saturated rings. The van der Waals surface area contributed by atoms with Gasteiger partial charge in [-0.25, -0.2) is 4.21 Å². The van der Waals surface area contributed by atoms with Gasteiger partial charge in [0.05, 0.1) is 10.4 Å². The first-order chi connectivity index (χ1) is 14.4. The first-order valence-corrected chi connectivity index (χ1v) is 11.7. The molecule has 0 saturated heterocycles. The lowest BCUT2D eigenvalue weighted by molar-refractivity contribution is 0.112. The minimum Gasteiger partial charge on any atom is -0.305 e. The molecule has 4 nitrogen and oxygen atoms in total. The average molecular weight is 423 g/mol. The Labute approximate surface area is 182 Å². The normalized spacial score (nSPS) is 20.1. The highest BCUT2D eigenvalue weighted by Gasteiger charge is 2.51. The quantitative estimate of drug-likeness (QED) is 0.448. The Balaban J connectivity index is 1.73. The fourth-order valence-electron chi connectivity index (χ4n) is 4.52. The summed E-state index contributed by atoms with van der Waals surface area (Å²) in [6, 6.07) is 12.6. The van der Waals surface area contributed by atoms with Gasteiger partial charge in [0.15, 0.2) is 0 Å². The predicted molar refractivity (Wildman–Crippen MR) is 125 cm³/mol. The number of carbonyl (C=O) groups excluding carboxylic acids is 1. The maximum absolute atomic E-state index is 13.5. The monoisotopic (exact) mass is 422 g/mol. The van der Waals surface area contributed by atoms with Crippen molar-refractivity contribution in [1.82, 2.24) is 4.90 Å². The number of allylic oxidation sites excluding steroid dienone is 1. The van der Waals surface area contributed by atoms with E-state index in [2.05, 4.69) is 62.8 Å². The van der Waals surface area contributed by atoms with Gasteiger partial charge in [-0.05, 0) is 67.7 Å². The summed E-state index contributed by atoms with van der Waals surface area (Å²) in [6.45, 7) is 7.55. The third-order valence-corrected chi connectivity index (χ3v) is 8.26. The van der Waals surface area contributed by atoms with Crippen molar-refractivity contribution in [2.24, 2.45) is 0 Å². The molecule has 158 valence electrons. The number of anilines is 1. The lowest BCUT2D eigenvalue weighted by atomic mass is 9.93. The molecule has 2 aliphatic rings. The molecule has 2 unspecified atom stereocenters. The average Bonchev–Trinajstić information content (AvgIpc) is 3.44. The Morgan fingerprint density at radius 3 is 2.47 bits per heavy atom. The molecule has 4 rings (SSSR count). The molecular formula is C25H30N2O2S. The second-order valence-electron chi connectivity index (χ2n) is 8.94. The summed E-state index contributed by atoms with van der Waals surface area (Å²) in [5.41, 5.74) is 6.00. The van der Waals surface area contributed by atoms with Gasteiger partial charge in [0.2, 0.25) is 0 Å². The van der Waals surface area contributed by atoms with E-state index < -0.39 is 11.0 Å². The summed E-state index contributed by atoms with van der Waals surface area (Å²) in [5.74, 6) is 0.181. The van der Waals surface area contributed by atoms with E-state index in [9.17, 15) is 9.00 Å². The molecule has 1 aliphatic carbocycles. The van der Waals surface area contributed by atoms with Gasteiger partial charge in [-0.15, -0.1) is 6.58 Å². The van der Waals surface area contributed by atoms with Gasteiger partial charge in [-0.2, -0.15) is 0 Å². The zero-order chi connectivity index (χ0) is 21.5. The number of rotatable bonds is 8. The highest BCUT2D eigenvalue weighted by atomic mass is 32.2. The Morgan fingerprint density at radius 1 is 1.20 bits per heavy atom. The molecule has 1 aliphatic heterocycles. The molecule has 0 spiro atoms. The topological polar surface area (TPSA) is 40.6 Å². The fourth-order valence-corrected chi connectivity index (χ4v) is 6.38. The second kappa shape index (κ2) is 8.12. The molecule has 0 N–H and O–H groups in total. The van der Waals surface area contributed by atoms with Crippen LogP contribution in [0.4, 0.5) is 5.69 Å². The molecule has 0 aromatic heterocycles. The van der Waals surface area contributed by atoms with Crippen LogP contribution in [-0.4, -0.2) is 40.8 Å². The van der Waals surface area contributed by atoms with E-state index >= 15 is 0 Å². The molecule has 1 saturated carbocycles. The predicted octanol–water partition coefficient (Wildman–Crippen LogP) is 4.92. The van der Waals surface area contributed by atoms with Crippen LogP contribution >= 0.6 is 0 Å². The van der Waals surface area contributed by atoms with Crippen LogP contribution in [0, 0.1) is 0 Å². The van der Waals surface area contributed by atoms with Gasteiger partial charge >= 0.3 is 0 Å². The molecule has 2 aromatic rings. The van der Waals surface area contributed by atoms with Gasteiger partial charge in [-0.1, -0.05) is 37.3 Å². The maximum Gasteiger partial charge on any atom is 0.150 e. The largest absolute Gasteiger partial charge is 0.305 e. The van der Waals surface area contributed by atoms with Crippen molar-refractivity contribution in [2.45, 2.75) is 43.4 Å². The SMILES string of the molecule is C=CCC1(S(=O)N2CC(C)c3c(C=O)cc(-c4ccc(CN(C)C)cc4)cc32)CC1. The van der Waals surface area contributed by atoms with Crippen LogP contribution in [0.2, 0.25) is 0 Å². The highest BCUT2D eigenvalue weighted by molar-refractivity contribution is 7.88. The second-order valence-corrected chi connectivity index (χ2v) is 10.7. The number of benzene rings is 2. The van der Waals surface area contributed by atoms with E-state index in [1.54, 1.807) is 0 Å². The summed E-state index contributed by atoms with van der Waals surface area (Å²) >= 11 is 0. The lowest BCUT2D eigenvalue weighted by Gasteiger charge is -2.25. The standard InChI is InChI=1S/C25H30N2O2S/c1-5-10-25(11-12-25)30(29)27-15-18(2)24-22(17-28)13-21(14-23(24)27)20-8-6-19(7-9-20)16-26(3)4/h5-9,13-14,17-18H,1,10-12,15-16H2,2-4H3. The summed E-state index contributed by atoms with van der Waals surface area (Å²) in [4.78, 5) is 14.1. The summed E-state index contributed by atoms with van der Waals surface area (Å²) in [7, 11) is 2.99. The van der Waals surface area contributed by atoms with Gasteiger partial charge in [-0.3, -0.25) is 9.10 Å². The van der Waals surface area contributed by atoms with E-state index in [-0.39, 0.29) is 10.7 Å². The lowest BCUT2D eigenvalue weighted by Crippen LogP contribution is -2.33. The molecule has 0 bridgehead atoms. The first-order valence-electron chi connectivity index (χ1n) is 10.6. The van der Waals surface area contributed by atoms with E-state index in [0.29, 0.717) is 12.1 Å². The van der Waals surface area contributed by atoms with Crippen molar-refractivity contribution in [3.8, 4) is 11.1 Å². The summed E-state index contributed by atoms with van der Waals surface area (Å²) in [6.07, 6.45) is 5.54. The summed E-state index contributed by atoms with van der Waals surface area (Å²) in [5, 5.41) is 0. The minimum atomic E-state index is -1.12. The highest BCUT2D eigenvalue weighted by Crippen LogP contribution is 2.50. The number of carbonyl (C=O) groups is 1. The summed E-state index contributed by atoms with van der Waals surface area (Å²) < 4.78 is 15.4. The van der Waals surface area contributed by atoms with Crippen LogP contribution < -0.4 is 4.31 Å². The van der Waals surface area contributed by atoms with E-state index in [1.807, 2.05) is 16.4 Å². The van der Waals surface area contributed by atoms with Crippen LogP contribution in [0.15, 0.2) is 49.1 Å². The number of hydrogen-bond donors (Lipinski definition) is 0. The number of fused-ring (bicyclic) bond motifs is 1. The Morgan fingerprint density at radius 2 is 1.90 bits per heavy atom. The first kappa shape index (κ1) is 21.0. The van der Waals surface area contributed by atoms with Crippen LogP contribution in [0.1, 0.15) is 53.6 Å². The van der Waals surface area contributed by atoms with Crippen molar-refractivity contribution in [3.05, 3.63) is 65.7 Å². The molecule has 2 aromatic carbocycles. The van der Waals surface area contributed by atoms with E-state index in [0.717, 1.165) is 54.5 Å². The molecule has 1 heterocycles. The van der Waals surface area contributed by atoms with E-state index in [1.165, 1.54) is 5.56 Å². The Kier molecular flexibility index (Phi) is 5.69. The maximum atomic E-state index is 13.5. The minimum absolute atomic E-state index is 0.172. The molecule has 30 heavy (non-hydrogen) atoms. The van der Waals surface area contributed by atoms with Crippen LogP contribution in [-0.2, 0) is 17.5 Å². The Hall–Kier alpha value is -2.24. The van der Waals surface area contributed by atoms with Gasteiger partial charge in [0.25, 0.3) is 0 Å². The van der Waals surface area contributed by atoms with Crippen molar-refractivity contribution >= 4 is 23.0 Å². The zero-order valence-electron chi connectivity index (χ0n) is 18.1. The van der Waals surface area contributed by atoms with Gasteiger partial charge in [0.1, 0.15) is 17.3 Å². The van der Waals surface area contributed by atoms with Gasteiger partial charge in [0, 0.05) is 24.6 Å². The van der Waals surface area contributed by atoms with E-state index in [4.69, 9.17) is 0 Å². The molecule has 2 atom stereocenters.